The van der Waals surface area contributed by atoms with E-state index in [0.29, 0.717) is 36.6 Å². The summed E-state index contributed by atoms with van der Waals surface area (Å²) in [5, 5.41) is 9.82. The highest BCUT2D eigenvalue weighted by atomic mass is 16.5. The second-order valence-corrected chi connectivity index (χ2v) is 9.42. The van der Waals surface area contributed by atoms with Gasteiger partial charge < -0.3 is 14.7 Å². The Bertz CT molecular complexity index is 1020. The van der Waals surface area contributed by atoms with E-state index in [1.807, 2.05) is 44.1 Å². The highest BCUT2D eigenvalue weighted by Crippen LogP contribution is 2.27. The number of hydrogen-bond donors (Lipinski definition) is 1. The van der Waals surface area contributed by atoms with Crippen molar-refractivity contribution in [1.82, 2.24) is 19.7 Å². The number of carbonyl (C=O) groups excluding carboxylic acids is 1. The number of aliphatic hydroxyl groups excluding tert-OH is 1. The highest BCUT2D eigenvalue weighted by Gasteiger charge is 2.34. The molecule has 0 bridgehead atoms. The first kappa shape index (κ1) is 25.7. The number of likely N-dealkylation sites (N-methyl/N-ethyl adjacent to an activating group) is 1. The van der Waals surface area contributed by atoms with Crippen molar-refractivity contribution < 1.29 is 14.6 Å². The van der Waals surface area contributed by atoms with Crippen LogP contribution in [0.5, 0.6) is 5.88 Å². The van der Waals surface area contributed by atoms with Crippen molar-refractivity contribution in [3.05, 3.63) is 59.3 Å². The number of ether oxygens (including phenoxy) is 1. The van der Waals surface area contributed by atoms with Gasteiger partial charge in [-0.2, -0.15) is 0 Å². The lowest BCUT2D eigenvalue weighted by atomic mass is 9.99. The standard InChI is InChI=1S/C27H36N4O3/c1-20-16-31(21(2)19-32)27(33)24-14-23(12-9-13-29(3)4)15-28-26(24)34-25(20)18-30(5)17-22-10-7-6-8-11-22/h6-8,10-11,14-15,20-21,25,32H,13,16-19H2,1-5H3/t20-,21-,25-/m1/s1. The Morgan fingerprint density at radius 2 is 2.00 bits per heavy atom. The van der Waals surface area contributed by atoms with Crippen molar-refractivity contribution in [2.24, 2.45) is 5.92 Å². The van der Waals surface area contributed by atoms with Gasteiger partial charge in [0.15, 0.2) is 0 Å². The number of carbonyl (C=O) groups is 1. The minimum atomic E-state index is -0.313. The van der Waals surface area contributed by atoms with Crippen LogP contribution < -0.4 is 4.74 Å². The van der Waals surface area contributed by atoms with E-state index in [2.05, 4.69) is 47.8 Å². The van der Waals surface area contributed by atoms with Crippen molar-refractivity contribution in [2.75, 3.05) is 47.4 Å². The van der Waals surface area contributed by atoms with Crippen LogP contribution in [0.4, 0.5) is 0 Å². The van der Waals surface area contributed by atoms with E-state index >= 15 is 0 Å². The van der Waals surface area contributed by atoms with E-state index in [-0.39, 0.29) is 30.6 Å². The third-order valence-corrected chi connectivity index (χ3v) is 5.94. The van der Waals surface area contributed by atoms with Gasteiger partial charge in [0.1, 0.15) is 11.7 Å². The Morgan fingerprint density at radius 3 is 2.68 bits per heavy atom. The fourth-order valence-electron chi connectivity index (χ4n) is 3.96. The van der Waals surface area contributed by atoms with Gasteiger partial charge in [0, 0.05) is 37.3 Å². The Hall–Kier alpha value is -2.92. The van der Waals surface area contributed by atoms with Crippen LogP contribution in [0.1, 0.15) is 35.3 Å². The molecule has 0 radical (unpaired) electrons. The number of aromatic nitrogens is 1. The average molecular weight is 465 g/mol. The predicted octanol–water partition coefficient (Wildman–Crippen LogP) is 2.35. The summed E-state index contributed by atoms with van der Waals surface area (Å²) in [6.07, 6.45) is 1.48. The Kier molecular flexibility index (Phi) is 9.05. The Morgan fingerprint density at radius 1 is 1.26 bits per heavy atom. The first-order valence-electron chi connectivity index (χ1n) is 11.7. The van der Waals surface area contributed by atoms with Crippen LogP contribution in [-0.4, -0.2) is 90.2 Å². The topological polar surface area (TPSA) is 69.1 Å². The van der Waals surface area contributed by atoms with Crippen molar-refractivity contribution in [1.29, 1.82) is 0 Å². The molecule has 0 aliphatic carbocycles. The maximum Gasteiger partial charge on any atom is 0.259 e. The molecule has 0 unspecified atom stereocenters. The molecule has 1 aromatic heterocycles. The van der Waals surface area contributed by atoms with Gasteiger partial charge in [0.05, 0.1) is 19.2 Å². The first-order valence-corrected chi connectivity index (χ1v) is 11.7. The molecule has 0 fully saturated rings. The van der Waals surface area contributed by atoms with E-state index in [1.165, 1.54) is 5.56 Å². The third-order valence-electron chi connectivity index (χ3n) is 5.94. The Labute approximate surface area is 203 Å². The summed E-state index contributed by atoms with van der Waals surface area (Å²) in [6, 6.07) is 11.8. The SMILES string of the molecule is C[C@@H]1CN([C@H](C)CO)C(=O)c2cc(C#CCN(C)C)cnc2O[C@@H]1CN(C)Cc1ccccc1. The van der Waals surface area contributed by atoms with Crippen molar-refractivity contribution in [3.63, 3.8) is 0 Å². The monoisotopic (exact) mass is 464 g/mol. The molecule has 1 N–H and O–H groups in total. The van der Waals surface area contributed by atoms with Gasteiger partial charge in [-0.3, -0.25) is 14.6 Å². The lowest BCUT2D eigenvalue weighted by Crippen LogP contribution is -2.49. The second-order valence-electron chi connectivity index (χ2n) is 9.42. The number of aliphatic hydroxyl groups is 1. The minimum absolute atomic E-state index is 0.0469. The quantitative estimate of drug-likeness (QED) is 0.635. The van der Waals surface area contributed by atoms with Gasteiger partial charge in [-0.05, 0) is 39.7 Å². The smallest absolute Gasteiger partial charge is 0.259 e. The van der Waals surface area contributed by atoms with Gasteiger partial charge >= 0.3 is 0 Å². The van der Waals surface area contributed by atoms with Crippen LogP contribution in [-0.2, 0) is 6.54 Å². The molecule has 1 aromatic carbocycles. The van der Waals surface area contributed by atoms with Crippen LogP contribution in [0, 0.1) is 17.8 Å². The summed E-state index contributed by atoms with van der Waals surface area (Å²) in [7, 11) is 5.98. The minimum Gasteiger partial charge on any atom is -0.472 e. The largest absolute Gasteiger partial charge is 0.472 e. The zero-order chi connectivity index (χ0) is 24.7. The van der Waals surface area contributed by atoms with E-state index in [1.54, 1.807) is 17.2 Å². The molecule has 7 heteroatoms. The molecule has 3 atom stereocenters. The molecule has 2 heterocycles. The molecule has 34 heavy (non-hydrogen) atoms. The lowest BCUT2D eigenvalue weighted by molar-refractivity contribution is 0.0325. The summed E-state index contributed by atoms with van der Waals surface area (Å²) in [5.41, 5.74) is 2.29. The maximum absolute atomic E-state index is 13.5. The first-order chi connectivity index (χ1) is 16.3. The summed E-state index contributed by atoms with van der Waals surface area (Å²) in [5.74, 6) is 6.34. The molecule has 2 aromatic rings. The van der Waals surface area contributed by atoms with Crippen molar-refractivity contribution in [2.45, 2.75) is 32.5 Å². The fraction of sp³-hybridized carbons (Fsp3) is 0.481. The number of benzene rings is 1. The zero-order valence-electron chi connectivity index (χ0n) is 20.9. The number of pyridine rings is 1. The van der Waals surface area contributed by atoms with Crippen LogP contribution in [0.2, 0.25) is 0 Å². The predicted molar refractivity (Wildman–Crippen MR) is 134 cm³/mol. The van der Waals surface area contributed by atoms with Crippen molar-refractivity contribution in [3.8, 4) is 17.7 Å². The van der Waals surface area contributed by atoms with Crippen LogP contribution >= 0.6 is 0 Å². The van der Waals surface area contributed by atoms with Crippen LogP contribution in [0.3, 0.4) is 0 Å². The molecule has 1 aliphatic heterocycles. The van der Waals surface area contributed by atoms with Crippen molar-refractivity contribution >= 4 is 5.91 Å². The van der Waals surface area contributed by atoms with Crippen LogP contribution in [0.15, 0.2) is 42.6 Å². The number of fused-ring (bicyclic) bond motifs is 1. The lowest BCUT2D eigenvalue weighted by Gasteiger charge is -2.37. The number of hydrogen-bond acceptors (Lipinski definition) is 6. The van der Waals surface area contributed by atoms with Gasteiger partial charge in [-0.1, -0.05) is 49.1 Å². The summed E-state index contributed by atoms with van der Waals surface area (Å²) in [6.45, 7) is 6.40. The normalized spacial score (nSPS) is 19.1. The number of amides is 1. The van der Waals surface area contributed by atoms with Gasteiger partial charge in [-0.15, -0.1) is 0 Å². The molecule has 182 valence electrons. The highest BCUT2D eigenvalue weighted by molar-refractivity contribution is 5.97. The number of rotatable bonds is 7. The van der Waals surface area contributed by atoms with E-state index in [9.17, 15) is 9.90 Å². The zero-order valence-corrected chi connectivity index (χ0v) is 20.9. The summed E-state index contributed by atoms with van der Waals surface area (Å²) >= 11 is 0. The molecular formula is C27H36N4O3. The second kappa shape index (κ2) is 12.0. The molecule has 0 spiro atoms. The molecule has 0 saturated heterocycles. The molecule has 7 nitrogen and oxygen atoms in total. The Balaban J connectivity index is 1.89. The maximum atomic E-state index is 13.5. The average Bonchev–Trinajstić information content (AvgIpc) is 2.81. The molecule has 1 amide bonds. The van der Waals surface area contributed by atoms with Gasteiger partial charge in [0.2, 0.25) is 5.88 Å². The summed E-state index contributed by atoms with van der Waals surface area (Å²) in [4.78, 5) is 23.9. The molecule has 1 aliphatic rings. The molecule has 3 rings (SSSR count). The van der Waals surface area contributed by atoms with Crippen LogP contribution in [0.25, 0.3) is 0 Å². The van der Waals surface area contributed by atoms with E-state index in [4.69, 9.17) is 4.74 Å². The number of nitrogens with zero attached hydrogens (tertiary/aromatic N) is 4. The van der Waals surface area contributed by atoms with Gasteiger partial charge in [0.25, 0.3) is 5.91 Å². The molecular weight excluding hydrogens is 428 g/mol. The fourth-order valence-corrected chi connectivity index (χ4v) is 3.96. The van der Waals surface area contributed by atoms with E-state index < -0.39 is 0 Å². The molecule has 0 saturated carbocycles. The van der Waals surface area contributed by atoms with Gasteiger partial charge in [-0.25, -0.2) is 4.98 Å². The van der Waals surface area contributed by atoms with E-state index in [0.717, 1.165) is 6.54 Å². The third kappa shape index (κ3) is 6.80. The summed E-state index contributed by atoms with van der Waals surface area (Å²) < 4.78 is 6.37.